The lowest BCUT2D eigenvalue weighted by Crippen LogP contribution is -2.36. The molecule has 1 aromatic heterocycles. The molecule has 1 aliphatic heterocycles. The van der Waals surface area contributed by atoms with E-state index in [1.807, 2.05) is 18.2 Å². The third-order valence-corrected chi connectivity index (χ3v) is 3.80. The Hall–Kier alpha value is -1.46. The normalized spacial score (nSPS) is 19.6. The molecule has 1 atom stereocenters. The van der Waals surface area contributed by atoms with E-state index in [9.17, 15) is 4.79 Å². The summed E-state index contributed by atoms with van der Waals surface area (Å²) in [5.41, 5.74) is 3.38. The Balaban J connectivity index is 1.79. The molecule has 0 spiro atoms. The van der Waals surface area contributed by atoms with Crippen LogP contribution in [0.4, 0.5) is 0 Å². The van der Waals surface area contributed by atoms with Gasteiger partial charge in [-0.3, -0.25) is 4.79 Å². The van der Waals surface area contributed by atoms with Crippen LogP contribution >= 0.6 is 11.3 Å². The van der Waals surface area contributed by atoms with Crippen molar-refractivity contribution in [3.8, 4) is 0 Å². The van der Waals surface area contributed by atoms with Crippen molar-refractivity contribution >= 4 is 27.5 Å². The van der Waals surface area contributed by atoms with Crippen LogP contribution in [0, 0.1) is 0 Å². The number of hydrogen-bond donors (Lipinski definition) is 2. The Kier molecular flexibility index (Phi) is 2.78. The van der Waals surface area contributed by atoms with E-state index in [2.05, 4.69) is 15.6 Å². The van der Waals surface area contributed by atoms with Crippen LogP contribution in [0.5, 0.6) is 0 Å². The highest BCUT2D eigenvalue weighted by molar-refractivity contribution is 7.16. The molecule has 1 saturated heterocycles. The van der Waals surface area contributed by atoms with Gasteiger partial charge in [0.05, 0.1) is 15.7 Å². The monoisotopic (exact) mass is 247 g/mol. The topological polar surface area (TPSA) is 54.0 Å². The summed E-state index contributed by atoms with van der Waals surface area (Å²) in [6.07, 6.45) is 1.00. The molecule has 3 rings (SSSR count). The highest BCUT2D eigenvalue weighted by Crippen LogP contribution is 2.18. The van der Waals surface area contributed by atoms with Crippen LogP contribution in [0.2, 0.25) is 0 Å². The summed E-state index contributed by atoms with van der Waals surface area (Å²) in [6.45, 7) is 1.85. The molecular formula is C12H13N3OS. The number of carbonyl (C=O) groups is 1. The summed E-state index contributed by atoms with van der Waals surface area (Å²) in [4.78, 5) is 16.2. The molecule has 1 aromatic carbocycles. The maximum absolute atomic E-state index is 12.0. The van der Waals surface area contributed by atoms with Gasteiger partial charge in [0, 0.05) is 18.2 Å². The molecule has 2 heterocycles. The first-order valence-corrected chi connectivity index (χ1v) is 6.56. The first-order chi connectivity index (χ1) is 8.33. The zero-order valence-electron chi connectivity index (χ0n) is 9.27. The Bertz CT molecular complexity index is 545. The Morgan fingerprint density at radius 1 is 1.53 bits per heavy atom. The van der Waals surface area contributed by atoms with Gasteiger partial charge in [-0.25, -0.2) is 4.98 Å². The molecule has 0 aliphatic carbocycles. The summed E-state index contributed by atoms with van der Waals surface area (Å²) in [5.74, 6) is -0.00593. The standard InChI is InChI=1S/C12H13N3OS/c16-12(15-9-3-4-13-6-9)8-1-2-11-10(5-8)14-7-17-11/h1-2,5,7,9,13H,3-4,6H2,(H,15,16). The Labute approximate surface area is 103 Å². The molecule has 1 aliphatic rings. The van der Waals surface area contributed by atoms with Gasteiger partial charge in [-0.05, 0) is 31.2 Å². The number of benzene rings is 1. The number of aromatic nitrogens is 1. The highest BCUT2D eigenvalue weighted by atomic mass is 32.1. The van der Waals surface area contributed by atoms with Gasteiger partial charge in [-0.15, -0.1) is 11.3 Å². The predicted molar refractivity (Wildman–Crippen MR) is 68.4 cm³/mol. The van der Waals surface area contributed by atoms with Crippen LogP contribution in [0.25, 0.3) is 10.2 Å². The van der Waals surface area contributed by atoms with Gasteiger partial charge in [0.15, 0.2) is 0 Å². The molecule has 1 unspecified atom stereocenters. The average molecular weight is 247 g/mol. The van der Waals surface area contributed by atoms with Crippen molar-refractivity contribution in [2.75, 3.05) is 13.1 Å². The fraction of sp³-hybridized carbons (Fsp3) is 0.333. The van der Waals surface area contributed by atoms with Crippen molar-refractivity contribution in [3.05, 3.63) is 29.3 Å². The largest absolute Gasteiger partial charge is 0.348 e. The van der Waals surface area contributed by atoms with Gasteiger partial charge in [-0.1, -0.05) is 0 Å². The number of thiazole rings is 1. The lowest BCUT2D eigenvalue weighted by molar-refractivity contribution is 0.0940. The van der Waals surface area contributed by atoms with Crippen LogP contribution in [-0.2, 0) is 0 Å². The second-order valence-electron chi connectivity index (χ2n) is 4.20. The lowest BCUT2D eigenvalue weighted by Gasteiger charge is -2.10. The van der Waals surface area contributed by atoms with Gasteiger partial charge >= 0.3 is 0 Å². The second kappa shape index (κ2) is 4.43. The quantitative estimate of drug-likeness (QED) is 0.843. The SMILES string of the molecule is O=C(NC1CCNC1)c1ccc2scnc2c1. The third-order valence-electron chi connectivity index (χ3n) is 2.99. The molecule has 1 fully saturated rings. The fourth-order valence-electron chi connectivity index (χ4n) is 2.05. The van der Waals surface area contributed by atoms with E-state index in [0.29, 0.717) is 5.56 Å². The number of fused-ring (bicyclic) bond motifs is 1. The number of amides is 1. The maximum atomic E-state index is 12.0. The molecule has 2 aromatic rings. The van der Waals surface area contributed by atoms with Crippen molar-refractivity contribution in [1.82, 2.24) is 15.6 Å². The molecule has 4 nitrogen and oxygen atoms in total. The molecule has 1 amide bonds. The van der Waals surface area contributed by atoms with Gasteiger partial charge in [-0.2, -0.15) is 0 Å². The summed E-state index contributed by atoms with van der Waals surface area (Å²) >= 11 is 1.59. The summed E-state index contributed by atoms with van der Waals surface area (Å²) in [7, 11) is 0. The van der Waals surface area contributed by atoms with Crippen molar-refractivity contribution in [2.45, 2.75) is 12.5 Å². The number of nitrogens with one attached hydrogen (secondary N) is 2. The third kappa shape index (κ3) is 2.16. The van der Waals surface area contributed by atoms with Crippen LogP contribution in [-0.4, -0.2) is 30.0 Å². The summed E-state index contributed by atoms with van der Waals surface area (Å²) < 4.78 is 1.11. The Morgan fingerprint density at radius 2 is 2.47 bits per heavy atom. The van der Waals surface area contributed by atoms with Crippen LogP contribution in [0.1, 0.15) is 16.8 Å². The van der Waals surface area contributed by atoms with Gasteiger partial charge in [0.25, 0.3) is 5.91 Å². The minimum atomic E-state index is -0.00593. The number of hydrogen-bond acceptors (Lipinski definition) is 4. The summed E-state index contributed by atoms with van der Waals surface area (Å²) in [6, 6.07) is 5.92. The number of carbonyl (C=O) groups excluding carboxylic acids is 1. The zero-order valence-corrected chi connectivity index (χ0v) is 10.1. The molecule has 17 heavy (non-hydrogen) atoms. The minimum Gasteiger partial charge on any atom is -0.348 e. The first kappa shape index (κ1) is 10.7. The molecular weight excluding hydrogens is 234 g/mol. The molecule has 0 radical (unpaired) electrons. The second-order valence-corrected chi connectivity index (χ2v) is 5.08. The minimum absolute atomic E-state index is 0.00593. The average Bonchev–Trinajstić information content (AvgIpc) is 2.97. The number of rotatable bonds is 2. The zero-order chi connectivity index (χ0) is 11.7. The van der Waals surface area contributed by atoms with E-state index in [4.69, 9.17) is 0 Å². The fourth-order valence-corrected chi connectivity index (χ4v) is 2.70. The van der Waals surface area contributed by atoms with Crippen LogP contribution < -0.4 is 10.6 Å². The van der Waals surface area contributed by atoms with Gasteiger partial charge in [0.2, 0.25) is 0 Å². The predicted octanol–water partition coefficient (Wildman–Crippen LogP) is 1.39. The van der Waals surface area contributed by atoms with E-state index in [1.54, 1.807) is 16.8 Å². The van der Waals surface area contributed by atoms with Crippen LogP contribution in [0.3, 0.4) is 0 Å². The van der Waals surface area contributed by atoms with E-state index in [1.165, 1.54) is 0 Å². The molecule has 5 heteroatoms. The number of nitrogens with zero attached hydrogens (tertiary/aromatic N) is 1. The van der Waals surface area contributed by atoms with Crippen LogP contribution in [0.15, 0.2) is 23.7 Å². The Morgan fingerprint density at radius 3 is 3.29 bits per heavy atom. The van der Waals surface area contributed by atoms with Crippen molar-refractivity contribution in [2.24, 2.45) is 0 Å². The molecule has 88 valence electrons. The molecule has 2 N–H and O–H groups in total. The van der Waals surface area contributed by atoms with Crippen molar-refractivity contribution in [3.63, 3.8) is 0 Å². The lowest BCUT2D eigenvalue weighted by atomic mass is 10.1. The smallest absolute Gasteiger partial charge is 0.251 e. The highest BCUT2D eigenvalue weighted by Gasteiger charge is 2.17. The van der Waals surface area contributed by atoms with E-state index in [0.717, 1.165) is 29.7 Å². The van der Waals surface area contributed by atoms with Gasteiger partial charge in [0.1, 0.15) is 0 Å². The van der Waals surface area contributed by atoms with E-state index in [-0.39, 0.29) is 11.9 Å². The molecule has 0 bridgehead atoms. The van der Waals surface area contributed by atoms with E-state index < -0.39 is 0 Å². The maximum Gasteiger partial charge on any atom is 0.251 e. The van der Waals surface area contributed by atoms with E-state index >= 15 is 0 Å². The van der Waals surface area contributed by atoms with Crippen molar-refractivity contribution in [1.29, 1.82) is 0 Å². The first-order valence-electron chi connectivity index (χ1n) is 5.68. The molecule has 0 saturated carbocycles. The summed E-state index contributed by atoms with van der Waals surface area (Å²) in [5, 5.41) is 6.26. The van der Waals surface area contributed by atoms with Gasteiger partial charge < -0.3 is 10.6 Å². The van der Waals surface area contributed by atoms with Crippen molar-refractivity contribution < 1.29 is 4.79 Å².